The molecule has 0 fully saturated rings. The molecule has 0 saturated carbocycles. The van der Waals surface area contributed by atoms with E-state index >= 15 is 0 Å². The summed E-state index contributed by atoms with van der Waals surface area (Å²) in [6, 6.07) is 0. The summed E-state index contributed by atoms with van der Waals surface area (Å²) >= 11 is 0. The molecule has 0 aliphatic heterocycles. The Bertz CT molecular complexity index is 373. The Morgan fingerprint density at radius 2 is 0.500 bits per heavy atom. The van der Waals surface area contributed by atoms with Gasteiger partial charge in [-0.15, -0.1) is 0 Å². The SMILES string of the molecule is CCCCCCCCCCCCN(CCCCCCCCCCCC)CCCCCCCCCCCCN. The highest BCUT2D eigenvalue weighted by Crippen LogP contribution is 2.14. The minimum Gasteiger partial charge on any atom is -0.330 e. The Morgan fingerprint density at radius 3 is 0.737 bits per heavy atom. The first kappa shape index (κ1) is 37.9. The Hall–Kier alpha value is -0.0800. The van der Waals surface area contributed by atoms with Gasteiger partial charge in [-0.2, -0.15) is 0 Å². The first-order chi connectivity index (χ1) is 18.8. The van der Waals surface area contributed by atoms with Crippen LogP contribution in [0.1, 0.15) is 206 Å². The molecule has 0 rings (SSSR count). The topological polar surface area (TPSA) is 29.3 Å². The third-order valence-corrected chi connectivity index (χ3v) is 8.58. The second kappa shape index (κ2) is 34.9. The standard InChI is InChI=1S/C36H76N2/c1-3-5-7-9-11-13-18-22-26-30-34-38(35-31-27-23-19-14-12-10-8-6-4-2)36-32-28-24-20-16-15-17-21-25-29-33-37/h3-37H2,1-2H3. The second-order valence-corrected chi connectivity index (χ2v) is 12.5. The molecule has 0 aliphatic rings. The first-order valence-corrected chi connectivity index (χ1v) is 18.3. The maximum atomic E-state index is 5.59. The lowest BCUT2D eigenvalue weighted by atomic mass is 10.1. The molecule has 0 aromatic heterocycles. The smallest absolute Gasteiger partial charge is 0.00187 e. The highest BCUT2D eigenvalue weighted by molar-refractivity contribution is 4.61. The number of nitrogens with two attached hydrogens (primary N) is 1. The van der Waals surface area contributed by atoms with Crippen LogP contribution in [0.2, 0.25) is 0 Å². The molecule has 0 bridgehead atoms. The number of hydrogen-bond donors (Lipinski definition) is 1. The van der Waals surface area contributed by atoms with Gasteiger partial charge in [-0.3, -0.25) is 0 Å². The molecule has 230 valence electrons. The molecular weight excluding hydrogens is 460 g/mol. The van der Waals surface area contributed by atoms with Crippen molar-refractivity contribution >= 4 is 0 Å². The highest BCUT2D eigenvalue weighted by Gasteiger charge is 2.05. The van der Waals surface area contributed by atoms with Crippen LogP contribution >= 0.6 is 0 Å². The van der Waals surface area contributed by atoms with Gasteiger partial charge in [0.1, 0.15) is 0 Å². The zero-order valence-electron chi connectivity index (χ0n) is 27.1. The van der Waals surface area contributed by atoms with Gasteiger partial charge in [0.2, 0.25) is 0 Å². The Morgan fingerprint density at radius 1 is 0.289 bits per heavy atom. The van der Waals surface area contributed by atoms with E-state index in [9.17, 15) is 0 Å². The van der Waals surface area contributed by atoms with Gasteiger partial charge in [-0.05, 0) is 51.9 Å². The van der Waals surface area contributed by atoms with Crippen LogP contribution in [0.3, 0.4) is 0 Å². The summed E-state index contributed by atoms with van der Waals surface area (Å²) in [6.45, 7) is 9.57. The summed E-state index contributed by atoms with van der Waals surface area (Å²) in [5.41, 5.74) is 5.59. The van der Waals surface area contributed by atoms with Gasteiger partial charge in [-0.25, -0.2) is 0 Å². The van der Waals surface area contributed by atoms with Crippen molar-refractivity contribution in [3.63, 3.8) is 0 Å². The van der Waals surface area contributed by atoms with E-state index in [-0.39, 0.29) is 0 Å². The summed E-state index contributed by atoms with van der Waals surface area (Å²) in [5.74, 6) is 0. The molecule has 38 heavy (non-hydrogen) atoms. The molecule has 0 amide bonds. The fourth-order valence-electron chi connectivity index (χ4n) is 5.88. The Balaban J connectivity index is 3.87. The van der Waals surface area contributed by atoms with Gasteiger partial charge in [0.15, 0.2) is 0 Å². The van der Waals surface area contributed by atoms with Crippen molar-refractivity contribution in [3.8, 4) is 0 Å². The molecular formula is C36H76N2. The minimum atomic E-state index is 0.870. The van der Waals surface area contributed by atoms with Gasteiger partial charge >= 0.3 is 0 Å². The van der Waals surface area contributed by atoms with Gasteiger partial charge in [0, 0.05) is 0 Å². The molecule has 0 aliphatic carbocycles. The lowest BCUT2D eigenvalue weighted by Gasteiger charge is -2.22. The molecule has 0 atom stereocenters. The monoisotopic (exact) mass is 537 g/mol. The largest absolute Gasteiger partial charge is 0.330 e. The molecule has 2 heteroatoms. The number of rotatable bonds is 34. The van der Waals surface area contributed by atoms with Crippen molar-refractivity contribution in [3.05, 3.63) is 0 Å². The van der Waals surface area contributed by atoms with Crippen LogP contribution in [0.15, 0.2) is 0 Å². The molecule has 2 N–H and O–H groups in total. The van der Waals surface area contributed by atoms with Crippen LogP contribution in [0.5, 0.6) is 0 Å². The van der Waals surface area contributed by atoms with Crippen LogP contribution in [0.4, 0.5) is 0 Å². The van der Waals surface area contributed by atoms with E-state index in [1.165, 1.54) is 212 Å². The van der Waals surface area contributed by atoms with E-state index in [0.717, 1.165) is 6.54 Å². The average molecular weight is 537 g/mol. The zero-order valence-corrected chi connectivity index (χ0v) is 27.1. The van der Waals surface area contributed by atoms with Crippen LogP contribution in [-0.4, -0.2) is 31.1 Å². The third kappa shape index (κ3) is 32.1. The van der Waals surface area contributed by atoms with Crippen molar-refractivity contribution in [2.24, 2.45) is 5.73 Å². The van der Waals surface area contributed by atoms with Crippen LogP contribution in [0, 0.1) is 0 Å². The summed E-state index contributed by atoms with van der Waals surface area (Å²) in [5, 5.41) is 0. The normalized spacial score (nSPS) is 11.7. The summed E-state index contributed by atoms with van der Waals surface area (Å²) in [6.07, 6.45) is 43.0. The number of unbranched alkanes of at least 4 members (excludes halogenated alkanes) is 27. The third-order valence-electron chi connectivity index (χ3n) is 8.58. The van der Waals surface area contributed by atoms with Crippen molar-refractivity contribution < 1.29 is 0 Å². The zero-order chi connectivity index (χ0) is 27.6. The fourth-order valence-corrected chi connectivity index (χ4v) is 5.88. The van der Waals surface area contributed by atoms with Crippen molar-refractivity contribution in [2.45, 2.75) is 206 Å². The van der Waals surface area contributed by atoms with Gasteiger partial charge in [0.25, 0.3) is 0 Å². The Labute approximate surface area is 243 Å². The molecule has 0 spiro atoms. The predicted molar refractivity (Wildman–Crippen MR) is 175 cm³/mol. The second-order valence-electron chi connectivity index (χ2n) is 12.5. The van der Waals surface area contributed by atoms with E-state index in [1.54, 1.807) is 0 Å². The number of hydrogen-bond acceptors (Lipinski definition) is 2. The van der Waals surface area contributed by atoms with Crippen LogP contribution in [-0.2, 0) is 0 Å². The van der Waals surface area contributed by atoms with Gasteiger partial charge < -0.3 is 10.6 Å². The predicted octanol–water partition coefficient (Wildman–Crippen LogP) is 12.0. The quantitative estimate of drug-likeness (QED) is 0.0828. The molecule has 0 radical (unpaired) electrons. The van der Waals surface area contributed by atoms with Crippen molar-refractivity contribution in [1.82, 2.24) is 4.90 Å². The average Bonchev–Trinajstić information content (AvgIpc) is 2.93. The highest BCUT2D eigenvalue weighted by atomic mass is 15.1. The first-order valence-electron chi connectivity index (χ1n) is 18.3. The van der Waals surface area contributed by atoms with E-state index in [4.69, 9.17) is 5.73 Å². The maximum absolute atomic E-state index is 5.59. The van der Waals surface area contributed by atoms with Crippen molar-refractivity contribution in [1.29, 1.82) is 0 Å². The number of nitrogens with zero attached hydrogens (tertiary/aromatic N) is 1. The van der Waals surface area contributed by atoms with Crippen LogP contribution < -0.4 is 5.73 Å². The maximum Gasteiger partial charge on any atom is -0.00187 e. The van der Waals surface area contributed by atoms with E-state index in [0.29, 0.717) is 0 Å². The van der Waals surface area contributed by atoms with Gasteiger partial charge in [-0.1, -0.05) is 181 Å². The summed E-state index contributed by atoms with van der Waals surface area (Å²) < 4.78 is 0. The van der Waals surface area contributed by atoms with E-state index in [2.05, 4.69) is 18.7 Å². The molecule has 2 nitrogen and oxygen atoms in total. The van der Waals surface area contributed by atoms with E-state index < -0.39 is 0 Å². The summed E-state index contributed by atoms with van der Waals surface area (Å²) in [7, 11) is 0. The molecule has 0 heterocycles. The fraction of sp³-hybridized carbons (Fsp3) is 1.00. The van der Waals surface area contributed by atoms with Crippen LogP contribution in [0.25, 0.3) is 0 Å². The lowest BCUT2D eigenvalue weighted by Crippen LogP contribution is -2.27. The summed E-state index contributed by atoms with van der Waals surface area (Å²) in [4.78, 5) is 2.84. The molecule has 0 aromatic carbocycles. The van der Waals surface area contributed by atoms with E-state index in [1.807, 2.05) is 0 Å². The lowest BCUT2D eigenvalue weighted by molar-refractivity contribution is 0.254. The molecule has 0 aromatic rings. The minimum absolute atomic E-state index is 0.870. The van der Waals surface area contributed by atoms with Gasteiger partial charge in [0.05, 0.1) is 0 Å². The molecule has 0 unspecified atom stereocenters. The Kier molecular flexibility index (Phi) is 34.9. The molecule has 0 saturated heterocycles. The van der Waals surface area contributed by atoms with Crippen molar-refractivity contribution in [2.75, 3.05) is 26.2 Å².